The minimum atomic E-state index is 0.189. The Kier molecular flexibility index (Phi) is 4.74. The Morgan fingerprint density at radius 3 is 2.71 bits per heavy atom. The van der Waals surface area contributed by atoms with Gasteiger partial charge in [0, 0.05) is 21.2 Å². The van der Waals surface area contributed by atoms with Crippen molar-refractivity contribution in [2.24, 2.45) is 0 Å². The lowest BCUT2D eigenvalue weighted by Gasteiger charge is -2.17. The average Bonchev–Trinajstić information content (AvgIpc) is 2.89. The Balaban J connectivity index is 1.97. The molecule has 3 aromatic rings. The number of rotatable bonds is 4. The molecule has 2 aromatic heterocycles. The van der Waals surface area contributed by atoms with Gasteiger partial charge in [0.15, 0.2) is 0 Å². The summed E-state index contributed by atoms with van der Waals surface area (Å²) in [6.07, 6.45) is 0.927. The van der Waals surface area contributed by atoms with Crippen LogP contribution in [-0.2, 0) is 6.42 Å². The highest BCUT2D eigenvalue weighted by atomic mass is 79.9. The van der Waals surface area contributed by atoms with E-state index >= 15 is 0 Å². The number of thiophene rings is 1. The SMILES string of the molecule is CNC(Cc1ccc(Br)s1)c1nc2ccccc2cc1Br. The average molecular weight is 426 g/mol. The van der Waals surface area contributed by atoms with Crippen molar-refractivity contribution in [1.82, 2.24) is 10.3 Å². The van der Waals surface area contributed by atoms with E-state index in [1.807, 2.05) is 19.2 Å². The Morgan fingerprint density at radius 1 is 1.19 bits per heavy atom. The third kappa shape index (κ3) is 3.37. The topological polar surface area (TPSA) is 24.9 Å². The molecule has 1 aromatic carbocycles. The van der Waals surface area contributed by atoms with Gasteiger partial charge in [0.1, 0.15) is 0 Å². The van der Waals surface area contributed by atoms with Crippen molar-refractivity contribution in [2.75, 3.05) is 7.05 Å². The summed E-state index contributed by atoms with van der Waals surface area (Å²) in [7, 11) is 1.98. The largest absolute Gasteiger partial charge is 0.311 e. The number of halogens is 2. The Labute approximate surface area is 144 Å². The van der Waals surface area contributed by atoms with Crippen LogP contribution in [0.3, 0.4) is 0 Å². The number of fused-ring (bicyclic) bond motifs is 1. The summed E-state index contributed by atoms with van der Waals surface area (Å²) in [5.74, 6) is 0. The minimum Gasteiger partial charge on any atom is -0.311 e. The molecule has 0 radical (unpaired) electrons. The fourth-order valence-electron chi connectivity index (χ4n) is 2.35. The molecular weight excluding hydrogens is 412 g/mol. The van der Waals surface area contributed by atoms with E-state index in [1.54, 1.807) is 11.3 Å². The van der Waals surface area contributed by atoms with Gasteiger partial charge in [-0.3, -0.25) is 0 Å². The van der Waals surface area contributed by atoms with Crippen molar-refractivity contribution < 1.29 is 0 Å². The van der Waals surface area contributed by atoms with Crippen molar-refractivity contribution >= 4 is 54.1 Å². The first-order valence-electron chi connectivity index (χ1n) is 6.64. The first-order chi connectivity index (χ1) is 10.2. The molecule has 0 saturated carbocycles. The van der Waals surface area contributed by atoms with Gasteiger partial charge in [-0.05, 0) is 63.2 Å². The van der Waals surface area contributed by atoms with Crippen molar-refractivity contribution in [3.8, 4) is 0 Å². The van der Waals surface area contributed by atoms with Gasteiger partial charge in [0.25, 0.3) is 0 Å². The summed E-state index contributed by atoms with van der Waals surface area (Å²) in [6.45, 7) is 0. The summed E-state index contributed by atoms with van der Waals surface area (Å²) in [5, 5.41) is 4.53. The highest BCUT2D eigenvalue weighted by molar-refractivity contribution is 9.11. The maximum Gasteiger partial charge on any atom is 0.0726 e. The lowest BCUT2D eigenvalue weighted by atomic mass is 10.1. The Bertz CT molecular complexity index is 770. The van der Waals surface area contributed by atoms with Crippen molar-refractivity contribution in [2.45, 2.75) is 12.5 Å². The van der Waals surface area contributed by atoms with Crippen molar-refractivity contribution in [3.63, 3.8) is 0 Å². The van der Waals surface area contributed by atoms with E-state index in [0.717, 1.165) is 31.3 Å². The molecule has 2 heterocycles. The van der Waals surface area contributed by atoms with E-state index in [2.05, 4.69) is 67.5 Å². The number of para-hydroxylation sites is 1. The first kappa shape index (κ1) is 15.2. The van der Waals surface area contributed by atoms with Crippen LogP contribution in [0.2, 0.25) is 0 Å². The molecule has 0 aliphatic carbocycles. The molecule has 0 aliphatic heterocycles. The molecule has 1 atom stereocenters. The van der Waals surface area contributed by atoms with Gasteiger partial charge in [0.2, 0.25) is 0 Å². The normalized spacial score (nSPS) is 12.7. The van der Waals surface area contributed by atoms with Crippen molar-refractivity contribution in [3.05, 3.63) is 61.3 Å². The summed E-state index contributed by atoms with van der Waals surface area (Å²) in [4.78, 5) is 6.17. The number of hydrogen-bond donors (Lipinski definition) is 1. The standard InChI is InChI=1S/C16H14Br2N2S/c1-19-14(9-11-6-7-15(18)21-11)16-12(17)8-10-4-2-3-5-13(10)20-16/h2-8,14,19H,9H2,1H3. The molecular formula is C16H14Br2N2S. The molecule has 0 bridgehead atoms. The van der Waals surface area contributed by atoms with Crippen molar-refractivity contribution in [1.29, 1.82) is 0 Å². The molecule has 108 valence electrons. The molecule has 0 saturated heterocycles. The van der Waals surface area contributed by atoms with Crippen LogP contribution in [0, 0.1) is 0 Å². The maximum absolute atomic E-state index is 4.83. The number of aromatic nitrogens is 1. The molecule has 1 unspecified atom stereocenters. The molecule has 0 aliphatic rings. The zero-order valence-electron chi connectivity index (χ0n) is 11.4. The van der Waals surface area contributed by atoms with E-state index in [9.17, 15) is 0 Å². The summed E-state index contributed by atoms with van der Waals surface area (Å²) >= 11 is 8.96. The number of hydrogen-bond acceptors (Lipinski definition) is 3. The lowest BCUT2D eigenvalue weighted by Crippen LogP contribution is -2.20. The van der Waals surface area contributed by atoms with Crippen LogP contribution in [0.25, 0.3) is 10.9 Å². The molecule has 0 spiro atoms. The first-order valence-corrected chi connectivity index (χ1v) is 9.04. The highest BCUT2D eigenvalue weighted by Gasteiger charge is 2.17. The Morgan fingerprint density at radius 2 is 2.00 bits per heavy atom. The molecule has 21 heavy (non-hydrogen) atoms. The maximum atomic E-state index is 4.83. The Hall–Kier alpha value is -0.750. The molecule has 0 fully saturated rings. The molecule has 1 N–H and O–H groups in total. The van der Waals surface area contributed by atoms with Gasteiger partial charge in [-0.15, -0.1) is 11.3 Å². The van der Waals surface area contributed by atoms with Gasteiger partial charge in [-0.1, -0.05) is 18.2 Å². The highest BCUT2D eigenvalue weighted by Crippen LogP contribution is 2.30. The fraction of sp³-hybridized carbons (Fsp3) is 0.188. The lowest BCUT2D eigenvalue weighted by molar-refractivity contribution is 0.579. The van der Waals surface area contributed by atoms with Crippen LogP contribution in [0.1, 0.15) is 16.6 Å². The van der Waals surface area contributed by atoms with Crippen LogP contribution in [0.4, 0.5) is 0 Å². The van der Waals surface area contributed by atoms with Crippen LogP contribution in [0.15, 0.2) is 50.7 Å². The fourth-order valence-corrected chi connectivity index (χ4v) is 4.49. The second-order valence-electron chi connectivity index (χ2n) is 4.80. The smallest absolute Gasteiger partial charge is 0.0726 e. The van der Waals surface area contributed by atoms with Gasteiger partial charge in [0.05, 0.1) is 21.0 Å². The second-order valence-corrected chi connectivity index (χ2v) is 8.20. The van der Waals surface area contributed by atoms with Gasteiger partial charge < -0.3 is 5.32 Å². The van der Waals surface area contributed by atoms with Crippen LogP contribution in [0.5, 0.6) is 0 Å². The van der Waals surface area contributed by atoms with Gasteiger partial charge in [-0.2, -0.15) is 0 Å². The molecule has 2 nitrogen and oxygen atoms in total. The van der Waals surface area contributed by atoms with Crippen LogP contribution < -0.4 is 5.32 Å². The number of likely N-dealkylation sites (N-methyl/N-ethyl adjacent to an activating group) is 1. The van der Waals surface area contributed by atoms with Gasteiger partial charge >= 0.3 is 0 Å². The van der Waals surface area contributed by atoms with E-state index in [0.29, 0.717) is 0 Å². The summed E-state index contributed by atoms with van der Waals surface area (Å²) in [5.41, 5.74) is 2.09. The van der Waals surface area contributed by atoms with E-state index in [4.69, 9.17) is 4.98 Å². The third-order valence-corrected chi connectivity index (χ3v) is 5.70. The summed E-state index contributed by atoms with van der Waals surface area (Å²) in [6, 6.07) is 14.8. The van der Waals surface area contributed by atoms with E-state index in [-0.39, 0.29) is 6.04 Å². The molecule has 3 rings (SSSR count). The molecule has 0 amide bonds. The monoisotopic (exact) mass is 424 g/mol. The number of benzene rings is 1. The number of nitrogens with one attached hydrogen (secondary N) is 1. The van der Waals surface area contributed by atoms with E-state index in [1.165, 1.54) is 4.88 Å². The predicted octanol–water partition coefficient (Wildman–Crippen LogP) is 5.32. The molecule has 5 heteroatoms. The second kappa shape index (κ2) is 6.57. The van der Waals surface area contributed by atoms with Gasteiger partial charge in [-0.25, -0.2) is 4.98 Å². The minimum absolute atomic E-state index is 0.189. The van der Waals surface area contributed by atoms with Crippen LogP contribution >= 0.6 is 43.2 Å². The quantitative estimate of drug-likeness (QED) is 0.611. The zero-order chi connectivity index (χ0) is 14.8. The predicted molar refractivity (Wildman–Crippen MR) is 97.0 cm³/mol. The third-order valence-electron chi connectivity index (χ3n) is 3.42. The summed E-state index contributed by atoms with van der Waals surface area (Å²) < 4.78 is 2.22. The zero-order valence-corrected chi connectivity index (χ0v) is 15.4. The van der Waals surface area contributed by atoms with Crippen LogP contribution in [-0.4, -0.2) is 12.0 Å². The number of nitrogens with zero attached hydrogens (tertiary/aromatic N) is 1. The van der Waals surface area contributed by atoms with E-state index < -0.39 is 0 Å². The number of pyridine rings is 1.